The third-order valence-corrected chi connectivity index (χ3v) is 6.50. The first-order chi connectivity index (χ1) is 18.2. The molecule has 2 aliphatic rings. The molecule has 0 aliphatic carbocycles. The first kappa shape index (κ1) is 22.9. The molecule has 1 amide bonds. The molecule has 4 aromatic rings. The van der Waals surface area contributed by atoms with E-state index >= 15 is 0 Å². The predicted octanol–water partition coefficient (Wildman–Crippen LogP) is 4.11. The van der Waals surface area contributed by atoms with Crippen molar-refractivity contribution in [1.29, 1.82) is 0 Å². The number of fused-ring (bicyclic) bond motifs is 1. The monoisotopic (exact) mass is 494 g/mol. The van der Waals surface area contributed by atoms with Crippen LogP contribution in [0.3, 0.4) is 0 Å². The SMILES string of the molecule is Cc1cc(N2CCOCC2)ccc1-c1nnc(NC2N=C(c3ccccc3)c3ccccc3NC2=O)o1. The Bertz CT molecular complexity index is 1460. The maximum absolute atomic E-state index is 13.1. The van der Waals surface area contributed by atoms with Crippen LogP contribution < -0.4 is 15.5 Å². The van der Waals surface area contributed by atoms with Gasteiger partial charge in [-0.05, 0) is 36.8 Å². The number of ether oxygens (including phenoxy) is 1. The predicted molar refractivity (Wildman–Crippen MR) is 142 cm³/mol. The minimum absolute atomic E-state index is 0.119. The number of hydrogen-bond acceptors (Lipinski definition) is 8. The molecule has 6 rings (SSSR count). The topological polar surface area (TPSA) is 105 Å². The van der Waals surface area contributed by atoms with E-state index in [0.717, 1.165) is 54.2 Å². The van der Waals surface area contributed by atoms with Crippen molar-refractivity contribution < 1.29 is 13.9 Å². The number of amides is 1. The summed E-state index contributed by atoms with van der Waals surface area (Å²) in [4.78, 5) is 20.2. The first-order valence-electron chi connectivity index (χ1n) is 12.2. The van der Waals surface area contributed by atoms with Gasteiger partial charge in [0.1, 0.15) is 0 Å². The van der Waals surface area contributed by atoms with E-state index in [1.165, 1.54) is 0 Å². The number of anilines is 3. The van der Waals surface area contributed by atoms with Crippen LogP contribution in [-0.2, 0) is 9.53 Å². The zero-order valence-corrected chi connectivity index (χ0v) is 20.3. The fourth-order valence-corrected chi connectivity index (χ4v) is 4.59. The van der Waals surface area contributed by atoms with Crippen molar-refractivity contribution in [3.8, 4) is 11.5 Å². The van der Waals surface area contributed by atoms with Crippen LogP contribution in [0.1, 0.15) is 16.7 Å². The lowest BCUT2D eigenvalue weighted by Gasteiger charge is -2.29. The first-order valence-corrected chi connectivity index (χ1v) is 12.2. The largest absolute Gasteiger partial charge is 0.403 e. The number of hydrogen-bond donors (Lipinski definition) is 2. The Balaban J connectivity index is 1.27. The number of morpholine rings is 1. The zero-order chi connectivity index (χ0) is 25.2. The van der Waals surface area contributed by atoms with Gasteiger partial charge in [0.15, 0.2) is 0 Å². The summed E-state index contributed by atoms with van der Waals surface area (Å²) in [6, 6.07) is 23.7. The minimum Gasteiger partial charge on any atom is -0.403 e. The van der Waals surface area contributed by atoms with Crippen LogP contribution in [0.4, 0.5) is 17.4 Å². The summed E-state index contributed by atoms with van der Waals surface area (Å²) < 4.78 is 11.4. The van der Waals surface area contributed by atoms with Crippen LogP contribution >= 0.6 is 0 Å². The van der Waals surface area contributed by atoms with Gasteiger partial charge in [0.05, 0.1) is 24.6 Å². The van der Waals surface area contributed by atoms with Crippen molar-refractivity contribution in [2.45, 2.75) is 13.1 Å². The second-order valence-corrected chi connectivity index (χ2v) is 8.94. The fraction of sp³-hybridized carbons (Fsp3) is 0.214. The smallest absolute Gasteiger partial charge is 0.317 e. The minimum atomic E-state index is -0.958. The van der Waals surface area contributed by atoms with Crippen LogP contribution in [0.15, 0.2) is 82.2 Å². The molecule has 2 N–H and O–H groups in total. The summed E-state index contributed by atoms with van der Waals surface area (Å²) in [5.74, 6) is 0.0577. The molecule has 1 aromatic heterocycles. The standard InChI is InChI=1S/C28H26N6O3/c1-18-17-20(34-13-15-36-16-14-34)11-12-21(18)27-32-33-28(37-27)31-25-26(35)29-23-10-6-5-9-22(23)24(30-25)19-7-3-2-4-8-19/h2-12,17,25H,13-16H2,1H3,(H,29,35)(H,31,33). The van der Waals surface area contributed by atoms with Crippen LogP contribution in [0.2, 0.25) is 0 Å². The highest BCUT2D eigenvalue weighted by Gasteiger charge is 2.27. The van der Waals surface area contributed by atoms with Crippen LogP contribution in [0, 0.1) is 6.92 Å². The van der Waals surface area contributed by atoms with Gasteiger partial charge in [0.25, 0.3) is 5.91 Å². The van der Waals surface area contributed by atoms with E-state index in [2.05, 4.69) is 37.9 Å². The summed E-state index contributed by atoms with van der Waals surface area (Å²) in [7, 11) is 0. The van der Waals surface area contributed by atoms with Crippen molar-refractivity contribution in [2.24, 2.45) is 4.99 Å². The number of rotatable bonds is 5. The highest BCUT2D eigenvalue weighted by atomic mass is 16.5. The number of nitrogens with zero attached hydrogens (tertiary/aromatic N) is 4. The van der Waals surface area contributed by atoms with Gasteiger partial charge in [0, 0.05) is 35.5 Å². The van der Waals surface area contributed by atoms with Crippen LogP contribution in [-0.4, -0.2) is 54.3 Å². The van der Waals surface area contributed by atoms with E-state index in [9.17, 15) is 4.79 Å². The molecule has 2 aliphatic heterocycles. The maximum atomic E-state index is 13.1. The van der Waals surface area contributed by atoms with Gasteiger partial charge < -0.3 is 24.7 Å². The molecule has 9 heteroatoms. The van der Waals surface area contributed by atoms with Gasteiger partial charge >= 0.3 is 6.01 Å². The molecule has 1 atom stereocenters. The number of aliphatic imine (C=N–C) groups is 1. The summed E-state index contributed by atoms with van der Waals surface area (Å²) in [5, 5.41) is 14.3. The third kappa shape index (κ3) is 4.68. The zero-order valence-electron chi connectivity index (χ0n) is 20.3. The van der Waals surface area contributed by atoms with Crippen molar-refractivity contribution in [3.63, 3.8) is 0 Å². The van der Waals surface area contributed by atoms with Gasteiger partial charge in [-0.2, -0.15) is 0 Å². The number of carbonyl (C=O) groups is 1. The summed E-state index contributed by atoms with van der Waals surface area (Å²) >= 11 is 0. The van der Waals surface area contributed by atoms with Crippen molar-refractivity contribution in [3.05, 3.63) is 89.5 Å². The second-order valence-electron chi connectivity index (χ2n) is 8.94. The molecular weight excluding hydrogens is 468 g/mol. The Morgan fingerprint density at radius 2 is 1.73 bits per heavy atom. The Hall–Kier alpha value is -4.50. The number of carbonyl (C=O) groups excluding carboxylic acids is 1. The van der Waals surface area contributed by atoms with E-state index in [1.54, 1.807) is 0 Å². The van der Waals surface area contributed by atoms with E-state index in [0.29, 0.717) is 17.3 Å². The quantitative estimate of drug-likeness (QED) is 0.430. The Morgan fingerprint density at radius 1 is 0.946 bits per heavy atom. The summed E-state index contributed by atoms with van der Waals surface area (Å²) in [6.07, 6.45) is -0.958. The number of benzodiazepines with no additional fused rings is 1. The average molecular weight is 495 g/mol. The van der Waals surface area contributed by atoms with E-state index in [-0.39, 0.29) is 11.9 Å². The molecule has 0 radical (unpaired) electrons. The molecule has 1 saturated heterocycles. The van der Waals surface area contributed by atoms with Gasteiger partial charge in [-0.15, -0.1) is 5.10 Å². The number of nitrogens with one attached hydrogen (secondary N) is 2. The maximum Gasteiger partial charge on any atom is 0.317 e. The normalized spacial score (nSPS) is 17.4. The Labute approximate surface area is 214 Å². The highest BCUT2D eigenvalue weighted by molar-refractivity contribution is 6.19. The molecule has 0 spiro atoms. The van der Waals surface area contributed by atoms with Gasteiger partial charge in [0.2, 0.25) is 12.1 Å². The summed E-state index contributed by atoms with van der Waals surface area (Å²) in [5.41, 5.74) is 6.13. The molecule has 1 unspecified atom stereocenters. The van der Waals surface area contributed by atoms with Gasteiger partial charge in [-0.3, -0.25) is 4.79 Å². The number of aryl methyl sites for hydroxylation is 1. The van der Waals surface area contributed by atoms with Gasteiger partial charge in [-0.25, -0.2) is 4.99 Å². The molecule has 3 aromatic carbocycles. The molecule has 0 bridgehead atoms. The van der Waals surface area contributed by atoms with Crippen LogP contribution in [0.5, 0.6) is 0 Å². The van der Waals surface area contributed by atoms with E-state index in [1.807, 2.05) is 67.6 Å². The molecule has 9 nitrogen and oxygen atoms in total. The summed E-state index contributed by atoms with van der Waals surface area (Å²) in [6.45, 7) is 5.21. The number of aromatic nitrogens is 2. The van der Waals surface area contributed by atoms with Crippen molar-refractivity contribution in [1.82, 2.24) is 10.2 Å². The second kappa shape index (κ2) is 9.87. The number of para-hydroxylation sites is 1. The van der Waals surface area contributed by atoms with Crippen LogP contribution in [0.25, 0.3) is 11.5 Å². The lowest BCUT2D eigenvalue weighted by atomic mass is 10.0. The average Bonchev–Trinajstić information content (AvgIpc) is 3.35. The lowest BCUT2D eigenvalue weighted by Crippen LogP contribution is -2.36. The van der Waals surface area contributed by atoms with Crippen molar-refractivity contribution >= 4 is 29.0 Å². The van der Waals surface area contributed by atoms with Gasteiger partial charge in [-0.1, -0.05) is 53.6 Å². The third-order valence-electron chi connectivity index (χ3n) is 6.50. The molecule has 186 valence electrons. The van der Waals surface area contributed by atoms with E-state index in [4.69, 9.17) is 14.1 Å². The number of benzene rings is 3. The van der Waals surface area contributed by atoms with E-state index < -0.39 is 6.17 Å². The lowest BCUT2D eigenvalue weighted by molar-refractivity contribution is -0.116. The molecule has 0 saturated carbocycles. The highest BCUT2D eigenvalue weighted by Crippen LogP contribution is 2.29. The Kier molecular flexibility index (Phi) is 6.11. The molecule has 3 heterocycles. The van der Waals surface area contributed by atoms with Crippen molar-refractivity contribution in [2.75, 3.05) is 41.8 Å². The molecule has 37 heavy (non-hydrogen) atoms. The fourth-order valence-electron chi connectivity index (χ4n) is 4.59. The molecule has 1 fully saturated rings. The Morgan fingerprint density at radius 3 is 2.54 bits per heavy atom. The molecular formula is C28H26N6O3.